The molecule has 0 aromatic heterocycles. The normalized spacial score (nSPS) is 17.3. The molecule has 16 heavy (non-hydrogen) atoms. The van der Waals surface area contributed by atoms with Crippen molar-refractivity contribution in [3.05, 3.63) is 0 Å². The van der Waals surface area contributed by atoms with Crippen LogP contribution in [0.3, 0.4) is 0 Å². The van der Waals surface area contributed by atoms with E-state index < -0.39 is 5.97 Å². The summed E-state index contributed by atoms with van der Waals surface area (Å²) in [6.07, 6.45) is 4.85. The van der Waals surface area contributed by atoms with Gasteiger partial charge in [0.2, 0.25) is 0 Å². The third kappa shape index (κ3) is 5.00. The molecular formula is C11H20N2O3. The lowest BCUT2D eigenvalue weighted by Crippen LogP contribution is -2.42. The predicted octanol–water partition coefficient (Wildman–Crippen LogP) is 1.34. The highest BCUT2D eigenvalue weighted by molar-refractivity contribution is 5.75. The van der Waals surface area contributed by atoms with Crippen LogP contribution in [0.5, 0.6) is 0 Å². The zero-order chi connectivity index (χ0) is 12.0. The molecule has 1 aliphatic carbocycles. The van der Waals surface area contributed by atoms with Gasteiger partial charge in [0.25, 0.3) is 0 Å². The van der Waals surface area contributed by atoms with Crippen LogP contribution < -0.4 is 10.6 Å². The maximum Gasteiger partial charge on any atom is 0.315 e. The zero-order valence-electron chi connectivity index (χ0n) is 9.66. The lowest BCUT2D eigenvalue weighted by atomic mass is 9.83. The van der Waals surface area contributed by atoms with Crippen molar-refractivity contribution < 1.29 is 14.7 Å². The summed E-state index contributed by atoms with van der Waals surface area (Å²) in [4.78, 5) is 21.7. The second kappa shape index (κ2) is 6.35. The van der Waals surface area contributed by atoms with E-state index in [2.05, 4.69) is 10.6 Å². The molecule has 0 bridgehead atoms. The van der Waals surface area contributed by atoms with Gasteiger partial charge in [-0.25, -0.2) is 4.79 Å². The molecule has 1 atom stereocenters. The standard InChI is InChI=1S/C11H20N2O3/c1-8(7-10(14)15)13-11(16)12-6-5-9-3-2-4-9/h8-9H,2-7H2,1H3,(H,14,15)(H2,12,13,16). The number of hydrogen-bond acceptors (Lipinski definition) is 2. The fourth-order valence-electron chi connectivity index (χ4n) is 1.76. The van der Waals surface area contributed by atoms with Crippen LogP contribution in [0.4, 0.5) is 4.79 Å². The molecule has 0 heterocycles. The van der Waals surface area contributed by atoms with Gasteiger partial charge in [-0.3, -0.25) is 4.79 Å². The van der Waals surface area contributed by atoms with Crippen molar-refractivity contribution in [2.75, 3.05) is 6.54 Å². The van der Waals surface area contributed by atoms with Crippen LogP contribution in [0.25, 0.3) is 0 Å². The Hall–Kier alpha value is -1.26. The Labute approximate surface area is 95.6 Å². The van der Waals surface area contributed by atoms with Crippen LogP contribution in [0.2, 0.25) is 0 Å². The molecule has 1 saturated carbocycles. The highest BCUT2D eigenvalue weighted by Gasteiger charge is 2.17. The molecule has 1 fully saturated rings. The molecule has 0 radical (unpaired) electrons. The second-order valence-corrected chi connectivity index (χ2v) is 4.48. The monoisotopic (exact) mass is 228 g/mol. The van der Waals surface area contributed by atoms with Crippen LogP contribution in [0.1, 0.15) is 39.0 Å². The summed E-state index contributed by atoms with van der Waals surface area (Å²) in [5, 5.41) is 13.8. The minimum atomic E-state index is -0.901. The quantitative estimate of drug-likeness (QED) is 0.642. The van der Waals surface area contributed by atoms with Crippen molar-refractivity contribution in [1.29, 1.82) is 0 Å². The molecule has 2 amide bonds. The SMILES string of the molecule is CC(CC(=O)O)NC(=O)NCCC1CCC1. The summed E-state index contributed by atoms with van der Waals surface area (Å²) >= 11 is 0. The maximum atomic E-state index is 11.3. The smallest absolute Gasteiger partial charge is 0.315 e. The van der Waals surface area contributed by atoms with E-state index >= 15 is 0 Å². The first kappa shape index (κ1) is 12.8. The second-order valence-electron chi connectivity index (χ2n) is 4.48. The molecule has 0 aromatic rings. The van der Waals surface area contributed by atoms with Crippen LogP contribution in [-0.4, -0.2) is 29.7 Å². The van der Waals surface area contributed by atoms with E-state index in [4.69, 9.17) is 5.11 Å². The Balaban J connectivity index is 2.02. The fourth-order valence-corrected chi connectivity index (χ4v) is 1.76. The van der Waals surface area contributed by atoms with Gasteiger partial charge in [0, 0.05) is 12.6 Å². The Morgan fingerprint density at radius 1 is 1.44 bits per heavy atom. The Kier molecular flexibility index (Phi) is 5.08. The Bertz CT molecular complexity index is 252. The number of urea groups is 1. The van der Waals surface area contributed by atoms with Crippen molar-refractivity contribution in [3.8, 4) is 0 Å². The molecule has 1 unspecified atom stereocenters. The molecule has 1 aliphatic rings. The molecule has 5 nitrogen and oxygen atoms in total. The van der Waals surface area contributed by atoms with E-state index in [0.29, 0.717) is 6.54 Å². The van der Waals surface area contributed by atoms with E-state index in [9.17, 15) is 9.59 Å². The van der Waals surface area contributed by atoms with Gasteiger partial charge in [0.1, 0.15) is 0 Å². The minimum absolute atomic E-state index is 0.0456. The van der Waals surface area contributed by atoms with E-state index in [0.717, 1.165) is 12.3 Å². The first-order chi connectivity index (χ1) is 7.58. The average Bonchev–Trinajstić information content (AvgIpc) is 2.07. The summed E-state index contributed by atoms with van der Waals surface area (Å²) < 4.78 is 0. The summed E-state index contributed by atoms with van der Waals surface area (Å²) in [7, 11) is 0. The van der Waals surface area contributed by atoms with E-state index in [-0.39, 0.29) is 18.5 Å². The molecule has 5 heteroatoms. The number of hydrogen-bond donors (Lipinski definition) is 3. The lowest BCUT2D eigenvalue weighted by molar-refractivity contribution is -0.137. The van der Waals surface area contributed by atoms with Crippen molar-refractivity contribution in [2.24, 2.45) is 5.92 Å². The van der Waals surface area contributed by atoms with Crippen molar-refractivity contribution in [2.45, 2.75) is 45.1 Å². The van der Waals surface area contributed by atoms with E-state index in [1.165, 1.54) is 19.3 Å². The van der Waals surface area contributed by atoms with Gasteiger partial charge in [0.05, 0.1) is 6.42 Å². The number of amides is 2. The maximum absolute atomic E-state index is 11.3. The summed E-state index contributed by atoms with van der Waals surface area (Å²) in [5.74, 6) is -0.126. The van der Waals surface area contributed by atoms with Crippen molar-refractivity contribution >= 4 is 12.0 Å². The molecule has 0 spiro atoms. The number of aliphatic carboxylic acids is 1. The van der Waals surface area contributed by atoms with Gasteiger partial charge in [-0.15, -0.1) is 0 Å². The molecule has 0 aliphatic heterocycles. The minimum Gasteiger partial charge on any atom is -0.481 e. The molecule has 3 N–H and O–H groups in total. The van der Waals surface area contributed by atoms with E-state index in [1.807, 2.05) is 0 Å². The Morgan fingerprint density at radius 2 is 2.12 bits per heavy atom. The first-order valence-corrected chi connectivity index (χ1v) is 5.84. The van der Waals surface area contributed by atoms with Gasteiger partial charge in [-0.2, -0.15) is 0 Å². The zero-order valence-corrected chi connectivity index (χ0v) is 9.66. The predicted molar refractivity (Wildman–Crippen MR) is 60.2 cm³/mol. The van der Waals surface area contributed by atoms with Crippen LogP contribution >= 0.6 is 0 Å². The van der Waals surface area contributed by atoms with Gasteiger partial charge in [0.15, 0.2) is 0 Å². The van der Waals surface area contributed by atoms with Crippen molar-refractivity contribution in [3.63, 3.8) is 0 Å². The van der Waals surface area contributed by atoms with Crippen LogP contribution in [0.15, 0.2) is 0 Å². The van der Waals surface area contributed by atoms with Gasteiger partial charge < -0.3 is 15.7 Å². The third-order valence-corrected chi connectivity index (χ3v) is 2.92. The molecular weight excluding hydrogens is 208 g/mol. The van der Waals surface area contributed by atoms with Crippen LogP contribution in [0, 0.1) is 5.92 Å². The fraction of sp³-hybridized carbons (Fsp3) is 0.818. The number of carbonyl (C=O) groups is 2. The van der Waals surface area contributed by atoms with Crippen molar-refractivity contribution in [1.82, 2.24) is 10.6 Å². The molecule has 0 saturated heterocycles. The molecule has 0 aromatic carbocycles. The van der Waals surface area contributed by atoms with Gasteiger partial charge in [-0.1, -0.05) is 19.3 Å². The highest BCUT2D eigenvalue weighted by Crippen LogP contribution is 2.28. The summed E-state index contributed by atoms with van der Waals surface area (Å²) in [6.45, 7) is 2.36. The summed E-state index contributed by atoms with van der Waals surface area (Å²) in [6, 6.07) is -0.603. The first-order valence-electron chi connectivity index (χ1n) is 5.84. The van der Waals surface area contributed by atoms with Crippen LogP contribution in [-0.2, 0) is 4.79 Å². The average molecular weight is 228 g/mol. The lowest BCUT2D eigenvalue weighted by Gasteiger charge is -2.25. The number of nitrogens with one attached hydrogen (secondary N) is 2. The largest absolute Gasteiger partial charge is 0.481 e. The van der Waals surface area contributed by atoms with E-state index in [1.54, 1.807) is 6.92 Å². The number of carboxylic acid groups (broad SMARTS) is 1. The third-order valence-electron chi connectivity index (χ3n) is 2.92. The number of rotatable bonds is 6. The topological polar surface area (TPSA) is 78.4 Å². The number of carboxylic acids is 1. The van der Waals surface area contributed by atoms with Gasteiger partial charge in [-0.05, 0) is 19.3 Å². The highest BCUT2D eigenvalue weighted by atomic mass is 16.4. The molecule has 1 rings (SSSR count). The van der Waals surface area contributed by atoms with Gasteiger partial charge >= 0.3 is 12.0 Å². The molecule has 92 valence electrons. The summed E-state index contributed by atoms with van der Waals surface area (Å²) in [5.41, 5.74) is 0. The Morgan fingerprint density at radius 3 is 2.62 bits per heavy atom. The number of carbonyl (C=O) groups excluding carboxylic acids is 1.